The molecule has 3 aliphatic rings. The predicted octanol–water partition coefficient (Wildman–Crippen LogP) is 2.99. The van der Waals surface area contributed by atoms with Gasteiger partial charge in [-0.2, -0.15) is 0 Å². The Morgan fingerprint density at radius 1 is 1.06 bits per heavy atom. The molecule has 2 atom stereocenters. The molecule has 3 saturated heterocycles. The van der Waals surface area contributed by atoms with Crippen molar-refractivity contribution in [3.63, 3.8) is 0 Å². The molecule has 3 aliphatic heterocycles. The van der Waals surface area contributed by atoms with E-state index in [0.717, 1.165) is 18.4 Å². The molecular formula is C24H27N3O4S. The maximum Gasteiger partial charge on any atom is 0.289 e. The van der Waals surface area contributed by atoms with Crippen LogP contribution in [0.1, 0.15) is 46.1 Å². The van der Waals surface area contributed by atoms with E-state index >= 15 is 0 Å². The molecule has 4 heterocycles. The number of carbonyl (C=O) groups is 3. The minimum atomic E-state index is -0.428. The van der Waals surface area contributed by atoms with E-state index in [2.05, 4.69) is 32.0 Å². The number of hydrogen-bond donors (Lipinski definition) is 0. The number of thioether (sulfide) groups is 1. The van der Waals surface area contributed by atoms with Gasteiger partial charge in [-0.3, -0.25) is 14.4 Å². The first-order valence-electron chi connectivity index (χ1n) is 11.0. The highest BCUT2D eigenvalue weighted by atomic mass is 32.2. The lowest BCUT2D eigenvalue weighted by Gasteiger charge is -2.55. The number of furan rings is 1. The van der Waals surface area contributed by atoms with Gasteiger partial charge in [-0.25, -0.2) is 0 Å². The second-order valence-corrected chi connectivity index (χ2v) is 9.78. The number of amides is 3. The second-order valence-electron chi connectivity index (χ2n) is 8.82. The Bertz CT molecular complexity index is 1050. The normalized spacial score (nSPS) is 24.2. The highest BCUT2D eigenvalue weighted by Gasteiger charge is 2.55. The Balaban J connectivity index is 1.36. The van der Waals surface area contributed by atoms with Crippen LogP contribution in [0.25, 0.3) is 0 Å². The summed E-state index contributed by atoms with van der Waals surface area (Å²) in [6.07, 6.45) is 2.94. The van der Waals surface area contributed by atoms with Crippen LogP contribution in [0.4, 0.5) is 0 Å². The molecule has 2 aromatic rings. The van der Waals surface area contributed by atoms with E-state index in [9.17, 15) is 14.4 Å². The molecule has 8 heteroatoms. The van der Waals surface area contributed by atoms with E-state index in [0.29, 0.717) is 30.5 Å². The van der Waals surface area contributed by atoms with Crippen molar-refractivity contribution in [2.24, 2.45) is 0 Å². The minimum absolute atomic E-state index is 0.0277. The first-order chi connectivity index (χ1) is 15.5. The van der Waals surface area contributed by atoms with Gasteiger partial charge in [-0.1, -0.05) is 18.2 Å². The van der Waals surface area contributed by atoms with E-state index in [1.54, 1.807) is 33.7 Å². The molecule has 0 spiro atoms. The zero-order valence-corrected chi connectivity index (χ0v) is 19.1. The first kappa shape index (κ1) is 21.1. The van der Waals surface area contributed by atoms with Crippen molar-refractivity contribution < 1.29 is 18.8 Å². The van der Waals surface area contributed by atoms with Gasteiger partial charge in [0.05, 0.1) is 23.9 Å². The van der Waals surface area contributed by atoms with Crippen molar-refractivity contribution in [1.82, 2.24) is 14.7 Å². The zero-order valence-electron chi connectivity index (χ0n) is 18.3. The number of benzene rings is 1. The van der Waals surface area contributed by atoms with E-state index < -0.39 is 6.04 Å². The topological polar surface area (TPSA) is 74.1 Å². The van der Waals surface area contributed by atoms with E-state index in [4.69, 9.17) is 4.42 Å². The smallest absolute Gasteiger partial charge is 0.289 e. The van der Waals surface area contributed by atoms with Crippen LogP contribution >= 0.6 is 11.8 Å². The fourth-order valence-electron chi connectivity index (χ4n) is 5.02. The monoisotopic (exact) mass is 453 g/mol. The van der Waals surface area contributed by atoms with Gasteiger partial charge < -0.3 is 19.1 Å². The highest BCUT2D eigenvalue weighted by Crippen LogP contribution is 2.44. The predicted molar refractivity (Wildman–Crippen MR) is 121 cm³/mol. The second kappa shape index (κ2) is 8.31. The van der Waals surface area contributed by atoms with Crippen LogP contribution in [0, 0.1) is 13.8 Å². The Labute approximate surface area is 191 Å². The van der Waals surface area contributed by atoms with E-state index in [1.165, 1.54) is 17.4 Å². The number of nitrogens with zero attached hydrogens (tertiary/aromatic N) is 3. The summed E-state index contributed by atoms with van der Waals surface area (Å²) >= 11 is 1.56. The third-order valence-electron chi connectivity index (χ3n) is 6.97. The lowest BCUT2D eigenvalue weighted by Crippen LogP contribution is -2.69. The molecule has 0 N–H and O–H groups in total. The van der Waals surface area contributed by atoms with Crippen LogP contribution in [-0.4, -0.2) is 69.2 Å². The largest absolute Gasteiger partial charge is 0.459 e. The summed E-state index contributed by atoms with van der Waals surface area (Å²) in [4.78, 5) is 43.9. The standard InChI is InChI=1S/C24H27N3O4S/c1-15-5-6-17(12-16(15)2)21-22(26-14-32-13-20(26)28)24(30)27(21)18-7-9-25(10-8-18)23(29)19-4-3-11-31-19/h3-6,11-12,18,21-22H,7-10,13-14H2,1-2H3/t21-,22-/m0/s1. The first-order valence-corrected chi connectivity index (χ1v) is 12.2. The summed E-state index contributed by atoms with van der Waals surface area (Å²) < 4.78 is 5.25. The van der Waals surface area contributed by atoms with Crippen LogP contribution in [0.5, 0.6) is 0 Å². The molecule has 7 nitrogen and oxygen atoms in total. The molecular weight excluding hydrogens is 426 g/mol. The lowest BCUT2D eigenvalue weighted by molar-refractivity contribution is -0.169. The average Bonchev–Trinajstić information content (AvgIpc) is 3.47. The average molecular weight is 454 g/mol. The van der Waals surface area contributed by atoms with Gasteiger partial charge in [0.15, 0.2) is 5.76 Å². The molecule has 0 radical (unpaired) electrons. The SMILES string of the molecule is Cc1ccc([C@H]2[C@H](N3CSCC3=O)C(=O)N2C2CCN(C(=O)c3ccco3)CC2)cc1C. The fraction of sp³-hybridized carbons (Fsp3) is 0.458. The Hall–Kier alpha value is -2.74. The number of hydrogen-bond acceptors (Lipinski definition) is 5. The van der Waals surface area contributed by atoms with Gasteiger partial charge in [0, 0.05) is 19.1 Å². The van der Waals surface area contributed by atoms with Crippen LogP contribution in [-0.2, 0) is 9.59 Å². The summed E-state index contributed by atoms with van der Waals surface area (Å²) in [6, 6.07) is 9.20. The third-order valence-corrected chi connectivity index (χ3v) is 7.88. The van der Waals surface area contributed by atoms with Crippen LogP contribution < -0.4 is 0 Å². The molecule has 168 valence electrons. The molecule has 1 aromatic heterocycles. The molecule has 0 unspecified atom stereocenters. The molecule has 0 saturated carbocycles. The van der Waals surface area contributed by atoms with E-state index in [-0.39, 0.29) is 29.8 Å². The number of β-lactam (4-membered cyclic amide) rings is 1. The third kappa shape index (κ3) is 3.50. The quantitative estimate of drug-likeness (QED) is 0.666. The number of rotatable bonds is 4. The van der Waals surface area contributed by atoms with Crippen molar-refractivity contribution in [1.29, 1.82) is 0 Å². The minimum Gasteiger partial charge on any atom is -0.459 e. The van der Waals surface area contributed by atoms with Crippen LogP contribution in [0.15, 0.2) is 41.0 Å². The Morgan fingerprint density at radius 2 is 1.84 bits per heavy atom. The maximum absolute atomic E-state index is 13.4. The van der Waals surface area contributed by atoms with Gasteiger partial charge >= 0.3 is 0 Å². The van der Waals surface area contributed by atoms with Gasteiger partial charge in [-0.15, -0.1) is 11.8 Å². The van der Waals surface area contributed by atoms with Crippen molar-refractivity contribution >= 4 is 29.5 Å². The van der Waals surface area contributed by atoms with Crippen molar-refractivity contribution in [3.8, 4) is 0 Å². The van der Waals surface area contributed by atoms with Crippen molar-refractivity contribution in [2.75, 3.05) is 24.7 Å². The van der Waals surface area contributed by atoms with Gasteiger partial charge in [-0.05, 0) is 55.5 Å². The van der Waals surface area contributed by atoms with Crippen LogP contribution in [0.2, 0.25) is 0 Å². The molecule has 0 aliphatic carbocycles. The zero-order chi connectivity index (χ0) is 22.4. The summed E-state index contributed by atoms with van der Waals surface area (Å²) in [7, 11) is 0. The van der Waals surface area contributed by atoms with Gasteiger partial charge in [0.2, 0.25) is 11.8 Å². The summed E-state index contributed by atoms with van der Waals surface area (Å²) in [6.45, 7) is 5.31. The molecule has 1 aromatic carbocycles. The number of carbonyl (C=O) groups excluding carboxylic acids is 3. The Morgan fingerprint density at radius 3 is 2.47 bits per heavy atom. The number of piperidine rings is 1. The molecule has 32 heavy (non-hydrogen) atoms. The summed E-state index contributed by atoms with van der Waals surface area (Å²) in [5, 5.41) is 0. The van der Waals surface area contributed by atoms with Crippen LogP contribution in [0.3, 0.4) is 0 Å². The van der Waals surface area contributed by atoms with E-state index in [1.807, 2.05) is 4.90 Å². The maximum atomic E-state index is 13.4. The van der Waals surface area contributed by atoms with Gasteiger partial charge in [0.1, 0.15) is 6.04 Å². The molecule has 0 bridgehead atoms. The Kier molecular flexibility index (Phi) is 5.49. The molecule has 5 rings (SSSR count). The fourth-order valence-corrected chi connectivity index (χ4v) is 5.96. The molecule has 3 fully saturated rings. The van der Waals surface area contributed by atoms with Gasteiger partial charge in [0.25, 0.3) is 5.91 Å². The highest BCUT2D eigenvalue weighted by molar-refractivity contribution is 8.00. The van der Waals surface area contributed by atoms with Crippen molar-refractivity contribution in [3.05, 3.63) is 59.0 Å². The summed E-state index contributed by atoms with van der Waals surface area (Å²) in [5.41, 5.74) is 3.47. The lowest BCUT2D eigenvalue weighted by atomic mass is 9.83. The number of likely N-dealkylation sites (tertiary alicyclic amines) is 2. The number of aryl methyl sites for hydroxylation is 2. The molecule has 3 amide bonds. The van der Waals surface area contributed by atoms with Crippen molar-refractivity contribution in [2.45, 2.75) is 44.8 Å². The summed E-state index contributed by atoms with van der Waals surface area (Å²) in [5.74, 6) is 1.32.